The van der Waals surface area contributed by atoms with Gasteiger partial charge in [-0.05, 0) is 28.1 Å². The summed E-state index contributed by atoms with van der Waals surface area (Å²) in [4.78, 5) is 13.5. The van der Waals surface area contributed by atoms with Crippen LogP contribution in [0.4, 0.5) is 4.39 Å². The summed E-state index contributed by atoms with van der Waals surface area (Å²) in [5, 5.41) is 0.593. The smallest absolute Gasteiger partial charge is 0.152 e. The molecule has 0 aliphatic carbocycles. The van der Waals surface area contributed by atoms with Gasteiger partial charge >= 0.3 is 0 Å². The van der Waals surface area contributed by atoms with Crippen LogP contribution in [0.1, 0.15) is 10.4 Å². The van der Waals surface area contributed by atoms with Crippen LogP contribution >= 0.6 is 15.9 Å². The molecule has 0 unspecified atom stereocenters. The van der Waals surface area contributed by atoms with Crippen LogP contribution < -0.4 is 0 Å². The van der Waals surface area contributed by atoms with Crippen molar-refractivity contribution in [3.05, 3.63) is 34.2 Å². The van der Waals surface area contributed by atoms with Crippen molar-refractivity contribution in [3.8, 4) is 0 Å². The van der Waals surface area contributed by atoms with Crippen LogP contribution in [0.3, 0.4) is 0 Å². The number of fused-ring (bicyclic) bond motifs is 1. The van der Waals surface area contributed by atoms with Crippen molar-refractivity contribution in [1.82, 2.24) is 4.98 Å². The molecule has 0 aliphatic rings. The summed E-state index contributed by atoms with van der Waals surface area (Å²) in [6, 6.07) is 2.94. The Balaban J connectivity index is 2.93. The number of carbonyl (C=O) groups is 1. The Morgan fingerprint density at radius 3 is 2.92 bits per heavy atom. The van der Waals surface area contributed by atoms with Crippen LogP contribution in [0.5, 0.6) is 0 Å². The molecule has 1 N–H and O–H groups in total. The maximum absolute atomic E-state index is 13.1. The zero-order chi connectivity index (χ0) is 9.42. The summed E-state index contributed by atoms with van der Waals surface area (Å²) in [6.45, 7) is 0. The molecule has 0 radical (unpaired) electrons. The first-order chi connectivity index (χ1) is 6.24. The summed E-state index contributed by atoms with van der Waals surface area (Å²) in [7, 11) is 0. The summed E-state index contributed by atoms with van der Waals surface area (Å²) in [5.41, 5.74) is 1.21. The quantitative estimate of drug-likeness (QED) is 0.766. The summed E-state index contributed by atoms with van der Waals surface area (Å²) >= 11 is 3.10. The standard InChI is InChI=1S/C9H5BrFNO/c10-9-6(11)1-2-7-8(9)5(4-13)3-12-7/h1-4,12H. The number of halogens is 2. The van der Waals surface area contributed by atoms with E-state index in [-0.39, 0.29) is 5.82 Å². The Labute approximate surface area is 81.9 Å². The van der Waals surface area contributed by atoms with Gasteiger partial charge in [-0.25, -0.2) is 4.39 Å². The number of benzene rings is 1. The van der Waals surface area contributed by atoms with E-state index in [4.69, 9.17) is 0 Å². The number of rotatable bonds is 1. The lowest BCUT2D eigenvalue weighted by molar-refractivity contribution is 0.112. The molecule has 66 valence electrons. The van der Waals surface area contributed by atoms with Gasteiger partial charge in [-0.3, -0.25) is 4.79 Å². The van der Waals surface area contributed by atoms with Crippen molar-refractivity contribution in [2.24, 2.45) is 0 Å². The molecule has 2 aromatic rings. The molecule has 0 saturated heterocycles. The SMILES string of the molecule is O=Cc1c[nH]c2ccc(F)c(Br)c12. The van der Waals surface area contributed by atoms with Gasteiger partial charge in [0.25, 0.3) is 0 Å². The summed E-state index contributed by atoms with van der Waals surface area (Å²) < 4.78 is 13.4. The highest BCUT2D eigenvalue weighted by Gasteiger charge is 2.09. The van der Waals surface area contributed by atoms with E-state index in [1.165, 1.54) is 6.07 Å². The fourth-order valence-corrected chi connectivity index (χ4v) is 1.85. The first-order valence-corrected chi connectivity index (χ1v) is 4.43. The second-order valence-corrected chi connectivity index (χ2v) is 3.44. The van der Waals surface area contributed by atoms with Crippen LogP contribution in [-0.4, -0.2) is 11.3 Å². The molecule has 1 aromatic heterocycles. The van der Waals surface area contributed by atoms with Gasteiger partial charge in [0.1, 0.15) is 5.82 Å². The Bertz CT molecular complexity index is 478. The zero-order valence-electron chi connectivity index (χ0n) is 6.47. The third-order valence-corrected chi connectivity index (χ3v) is 2.67. The molecular weight excluding hydrogens is 237 g/mol. The number of H-pyrrole nitrogens is 1. The molecule has 0 fully saturated rings. The predicted octanol–water partition coefficient (Wildman–Crippen LogP) is 2.88. The van der Waals surface area contributed by atoms with E-state index in [1.54, 1.807) is 12.3 Å². The zero-order valence-corrected chi connectivity index (χ0v) is 8.06. The van der Waals surface area contributed by atoms with Gasteiger partial charge in [0.15, 0.2) is 6.29 Å². The van der Waals surface area contributed by atoms with Crippen LogP contribution in [0.15, 0.2) is 22.8 Å². The molecule has 0 amide bonds. The van der Waals surface area contributed by atoms with Crippen molar-refractivity contribution in [2.75, 3.05) is 0 Å². The van der Waals surface area contributed by atoms with E-state index in [0.29, 0.717) is 21.7 Å². The van der Waals surface area contributed by atoms with Gasteiger partial charge in [0.2, 0.25) is 0 Å². The molecule has 1 heterocycles. The molecule has 0 saturated carbocycles. The van der Waals surface area contributed by atoms with Crippen LogP contribution in [-0.2, 0) is 0 Å². The van der Waals surface area contributed by atoms with Crippen LogP contribution in [0, 0.1) is 5.82 Å². The normalized spacial score (nSPS) is 10.6. The summed E-state index contributed by atoms with van der Waals surface area (Å²) in [6.07, 6.45) is 2.25. The lowest BCUT2D eigenvalue weighted by Crippen LogP contribution is -1.81. The summed E-state index contributed by atoms with van der Waals surface area (Å²) in [5.74, 6) is -0.366. The average molecular weight is 242 g/mol. The lowest BCUT2D eigenvalue weighted by Gasteiger charge is -1.96. The maximum atomic E-state index is 13.1. The second-order valence-electron chi connectivity index (χ2n) is 2.65. The van der Waals surface area contributed by atoms with E-state index in [2.05, 4.69) is 20.9 Å². The largest absolute Gasteiger partial charge is 0.360 e. The Morgan fingerprint density at radius 2 is 2.23 bits per heavy atom. The third kappa shape index (κ3) is 1.18. The number of hydrogen-bond acceptors (Lipinski definition) is 1. The molecule has 13 heavy (non-hydrogen) atoms. The monoisotopic (exact) mass is 241 g/mol. The van der Waals surface area contributed by atoms with Crippen LogP contribution in [0.2, 0.25) is 0 Å². The molecule has 1 aromatic carbocycles. The minimum Gasteiger partial charge on any atom is -0.360 e. The minimum atomic E-state index is -0.366. The molecule has 0 bridgehead atoms. The molecule has 2 rings (SSSR count). The van der Waals surface area contributed by atoms with Gasteiger partial charge in [-0.2, -0.15) is 0 Å². The van der Waals surface area contributed by atoms with E-state index < -0.39 is 0 Å². The topological polar surface area (TPSA) is 32.9 Å². The Morgan fingerprint density at radius 1 is 1.46 bits per heavy atom. The van der Waals surface area contributed by atoms with Crippen molar-refractivity contribution in [1.29, 1.82) is 0 Å². The molecule has 0 atom stereocenters. The Kier molecular flexibility index (Phi) is 1.92. The number of nitrogens with one attached hydrogen (secondary N) is 1. The van der Waals surface area contributed by atoms with E-state index in [1.807, 2.05) is 0 Å². The Hall–Kier alpha value is -1.16. The number of aromatic nitrogens is 1. The van der Waals surface area contributed by atoms with Crippen molar-refractivity contribution in [3.63, 3.8) is 0 Å². The van der Waals surface area contributed by atoms with Gasteiger partial charge in [0.05, 0.1) is 4.47 Å². The molecule has 4 heteroatoms. The van der Waals surface area contributed by atoms with Crippen molar-refractivity contribution in [2.45, 2.75) is 0 Å². The first kappa shape index (κ1) is 8.44. The average Bonchev–Trinajstić information content (AvgIpc) is 2.55. The molecule has 2 nitrogen and oxygen atoms in total. The third-order valence-electron chi connectivity index (χ3n) is 1.89. The predicted molar refractivity (Wildman–Crippen MR) is 51.3 cm³/mol. The van der Waals surface area contributed by atoms with Crippen molar-refractivity contribution >= 4 is 33.1 Å². The van der Waals surface area contributed by atoms with E-state index >= 15 is 0 Å². The molecule has 0 spiro atoms. The van der Waals surface area contributed by atoms with Gasteiger partial charge in [0, 0.05) is 22.7 Å². The van der Waals surface area contributed by atoms with E-state index in [0.717, 1.165) is 5.52 Å². The maximum Gasteiger partial charge on any atom is 0.152 e. The lowest BCUT2D eigenvalue weighted by atomic mass is 10.2. The molecular formula is C9H5BrFNO. The highest BCUT2D eigenvalue weighted by Crippen LogP contribution is 2.28. The number of aldehydes is 1. The molecule has 0 aliphatic heterocycles. The first-order valence-electron chi connectivity index (χ1n) is 3.64. The van der Waals surface area contributed by atoms with Gasteiger partial charge in [-0.1, -0.05) is 0 Å². The number of carbonyl (C=O) groups excluding carboxylic acids is 1. The second kappa shape index (κ2) is 2.96. The number of aromatic amines is 1. The highest BCUT2D eigenvalue weighted by atomic mass is 79.9. The fourth-order valence-electron chi connectivity index (χ4n) is 1.27. The van der Waals surface area contributed by atoms with E-state index in [9.17, 15) is 9.18 Å². The van der Waals surface area contributed by atoms with Gasteiger partial charge < -0.3 is 4.98 Å². The highest BCUT2D eigenvalue weighted by molar-refractivity contribution is 9.10. The minimum absolute atomic E-state index is 0.327. The fraction of sp³-hybridized carbons (Fsp3) is 0. The van der Waals surface area contributed by atoms with Crippen molar-refractivity contribution < 1.29 is 9.18 Å². The number of hydrogen-bond donors (Lipinski definition) is 1. The van der Waals surface area contributed by atoms with Gasteiger partial charge in [-0.15, -0.1) is 0 Å². The van der Waals surface area contributed by atoms with Crippen LogP contribution in [0.25, 0.3) is 10.9 Å².